The Bertz CT molecular complexity index is 352. The Hall–Kier alpha value is -1.51. The maximum atomic E-state index is 4.07. The molecular weight excluding hydrogens is 138 g/mol. The van der Waals surface area contributed by atoms with E-state index >= 15 is 0 Å². The highest BCUT2D eigenvalue weighted by atomic mass is 15.0. The van der Waals surface area contributed by atoms with Crippen LogP contribution in [-0.4, -0.2) is 16.2 Å². The Kier molecular flexibility index (Phi) is 1.12. The molecule has 0 aromatic carbocycles. The van der Waals surface area contributed by atoms with E-state index < -0.39 is 0 Å². The number of aliphatic imine (C=N–C) groups is 1. The standard InChI is InChI=1S/C8H7N3/c1-5-3-9-8-7(5)6(2)10-4-11-8/h3-4H,1H2,2H3. The van der Waals surface area contributed by atoms with Gasteiger partial charge in [-0.3, -0.25) is 0 Å². The maximum Gasteiger partial charge on any atom is 0.163 e. The van der Waals surface area contributed by atoms with Crippen molar-refractivity contribution < 1.29 is 0 Å². The van der Waals surface area contributed by atoms with Crippen LogP contribution in [0.5, 0.6) is 0 Å². The van der Waals surface area contributed by atoms with Crippen molar-refractivity contribution in [2.75, 3.05) is 0 Å². The Balaban J connectivity index is 2.74. The minimum absolute atomic E-state index is 0.738. The third kappa shape index (κ3) is 0.774. The lowest BCUT2D eigenvalue weighted by atomic mass is 10.1. The lowest BCUT2D eigenvalue weighted by molar-refractivity contribution is 1.09. The fourth-order valence-electron chi connectivity index (χ4n) is 1.14. The molecule has 0 fully saturated rings. The normalized spacial score (nSPS) is 13.7. The monoisotopic (exact) mass is 145 g/mol. The molecule has 3 heteroatoms. The van der Waals surface area contributed by atoms with Gasteiger partial charge in [0.25, 0.3) is 0 Å². The molecule has 3 nitrogen and oxygen atoms in total. The van der Waals surface area contributed by atoms with Gasteiger partial charge in [0.1, 0.15) is 6.33 Å². The van der Waals surface area contributed by atoms with Crippen LogP contribution in [0.15, 0.2) is 17.9 Å². The molecule has 0 amide bonds. The zero-order valence-electron chi connectivity index (χ0n) is 6.20. The average Bonchev–Trinajstić information content (AvgIpc) is 2.34. The first-order chi connectivity index (χ1) is 5.29. The highest BCUT2D eigenvalue weighted by molar-refractivity contribution is 6.15. The first-order valence-electron chi connectivity index (χ1n) is 3.34. The lowest BCUT2D eigenvalue weighted by Crippen LogP contribution is -1.89. The summed E-state index contributed by atoms with van der Waals surface area (Å²) in [6, 6.07) is 0. The van der Waals surface area contributed by atoms with Crippen molar-refractivity contribution in [1.29, 1.82) is 0 Å². The zero-order chi connectivity index (χ0) is 7.84. The van der Waals surface area contributed by atoms with Crippen molar-refractivity contribution in [3.63, 3.8) is 0 Å². The molecule has 1 aromatic heterocycles. The summed E-state index contributed by atoms with van der Waals surface area (Å²) in [5, 5.41) is 0. The minimum atomic E-state index is 0.738. The highest BCUT2D eigenvalue weighted by Gasteiger charge is 2.13. The Labute approximate surface area is 64.5 Å². The number of rotatable bonds is 0. The second-order valence-corrected chi connectivity index (χ2v) is 2.44. The summed E-state index contributed by atoms with van der Waals surface area (Å²) in [6.07, 6.45) is 3.23. The lowest BCUT2D eigenvalue weighted by Gasteiger charge is -1.98. The van der Waals surface area contributed by atoms with Gasteiger partial charge in [0.15, 0.2) is 5.82 Å². The van der Waals surface area contributed by atoms with Crippen LogP contribution in [0.4, 0.5) is 5.82 Å². The second kappa shape index (κ2) is 1.99. The van der Waals surface area contributed by atoms with Crippen LogP contribution in [-0.2, 0) is 0 Å². The largest absolute Gasteiger partial charge is 0.241 e. The quantitative estimate of drug-likeness (QED) is 0.555. The maximum absolute atomic E-state index is 4.07. The first kappa shape index (κ1) is 6.22. The van der Waals surface area contributed by atoms with Gasteiger partial charge in [-0.25, -0.2) is 15.0 Å². The van der Waals surface area contributed by atoms with Crippen molar-refractivity contribution >= 4 is 17.6 Å². The van der Waals surface area contributed by atoms with Crippen LogP contribution in [0.1, 0.15) is 11.3 Å². The molecule has 1 aliphatic heterocycles. The molecule has 2 rings (SSSR count). The Morgan fingerprint density at radius 1 is 1.36 bits per heavy atom. The molecule has 0 bridgehead atoms. The Morgan fingerprint density at radius 2 is 2.18 bits per heavy atom. The molecule has 54 valence electrons. The molecule has 0 radical (unpaired) electrons. The van der Waals surface area contributed by atoms with E-state index in [-0.39, 0.29) is 0 Å². The zero-order valence-corrected chi connectivity index (χ0v) is 6.20. The molecule has 0 N–H and O–H groups in total. The summed E-state index contributed by atoms with van der Waals surface area (Å²) in [5.74, 6) is 0.738. The van der Waals surface area contributed by atoms with Gasteiger partial charge >= 0.3 is 0 Å². The predicted octanol–water partition coefficient (Wildman–Crippen LogP) is 1.51. The van der Waals surface area contributed by atoms with Gasteiger partial charge in [-0.15, -0.1) is 0 Å². The van der Waals surface area contributed by atoms with Crippen molar-refractivity contribution in [1.82, 2.24) is 9.97 Å². The second-order valence-electron chi connectivity index (χ2n) is 2.44. The molecule has 2 heterocycles. The summed E-state index contributed by atoms with van der Waals surface area (Å²) in [5.41, 5.74) is 2.82. The summed E-state index contributed by atoms with van der Waals surface area (Å²) in [4.78, 5) is 12.1. The third-order valence-corrected chi connectivity index (χ3v) is 1.68. The number of hydrogen-bond donors (Lipinski definition) is 0. The van der Waals surface area contributed by atoms with Gasteiger partial charge in [-0.1, -0.05) is 6.58 Å². The molecule has 1 aliphatic rings. The smallest absolute Gasteiger partial charge is 0.163 e. The van der Waals surface area contributed by atoms with Gasteiger partial charge in [-0.05, 0) is 12.5 Å². The van der Waals surface area contributed by atoms with Crippen LogP contribution in [0.25, 0.3) is 5.57 Å². The van der Waals surface area contributed by atoms with Crippen molar-refractivity contribution in [2.24, 2.45) is 4.99 Å². The fraction of sp³-hybridized carbons (Fsp3) is 0.125. The van der Waals surface area contributed by atoms with Crippen molar-refractivity contribution in [3.8, 4) is 0 Å². The molecule has 0 spiro atoms. The van der Waals surface area contributed by atoms with Crippen molar-refractivity contribution in [3.05, 3.63) is 24.2 Å². The predicted molar refractivity (Wildman–Crippen MR) is 44.0 cm³/mol. The van der Waals surface area contributed by atoms with E-state index in [1.165, 1.54) is 6.33 Å². The van der Waals surface area contributed by atoms with Crippen LogP contribution < -0.4 is 0 Å². The van der Waals surface area contributed by atoms with Gasteiger partial charge in [0, 0.05) is 11.8 Å². The van der Waals surface area contributed by atoms with Gasteiger partial charge in [-0.2, -0.15) is 0 Å². The summed E-state index contributed by atoms with van der Waals surface area (Å²) < 4.78 is 0. The summed E-state index contributed by atoms with van der Waals surface area (Å²) in [6.45, 7) is 5.76. The molecule has 0 saturated heterocycles. The Morgan fingerprint density at radius 3 is 2.91 bits per heavy atom. The van der Waals surface area contributed by atoms with Gasteiger partial charge < -0.3 is 0 Å². The van der Waals surface area contributed by atoms with Crippen LogP contribution >= 0.6 is 0 Å². The van der Waals surface area contributed by atoms with E-state index in [0.29, 0.717) is 0 Å². The number of hydrogen-bond acceptors (Lipinski definition) is 3. The molecule has 0 atom stereocenters. The summed E-state index contributed by atoms with van der Waals surface area (Å²) in [7, 11) is 0. The first-order valence-corrected chi connectivity index (χ1v) is 3.34. The molecule has 1 aromatic rings. The average molecular weight is 145 g/mol. The van der Waals surface area contributed by atoms with Crippen LogP contribution in [0.2, 0.25) is 0 Å². The number of fused-ring (bicyclic) bond motifs is 1. The van der Waals surface area contributed by atoms with Crippen LogP contribution in [0.3, 0.4) is 0 Å². The molecule has 0 unspecified atom stereocenters. The van der Waals surface area contributed by atoms with E-state index in [1.807, 2.05) is 6.92 Å². The minimum Gasteiger partial charge on any atom is -0.241 e. The van der Waals surface area contributed by atoms with Crippen LogP contribution in [0, 0.1) is 6.92 Å². The number of aromatic nitrogens is 2. The van der Waals surface area contributed by atoms with Gasteiger partial charge in [0.05, 0.1) is 5.69 Å². The van der Waals surface area contributed by atoms with E-state index in [9.17, 15) is 0 Å². The van der Waals surface area contributed by atoms with E-state index in [4.69, 9.17) is 0 Å². The molecule has 11 heavy (non-hydrogen) atoms. The number of aryl methyl sites for hydroxylation is 1. The van der Waals surface area contributed by atoms with E-state index in [0.717, 1.165) is 22.6 Å². The van der Waals surface area contributed by atoms with Crippen molar-refractivity contribution in [2.45, 2.75) is 6.92 Å². The SMILES string of the molecule is C=C1C=Nc2ncnc(C)c21. The third-order valence-electron chi connectivity index (χ3n) is 1.68. The fourth-order valence-corrected chi connectivity index (χ4v) is 1.14. The van der Waals surface area contributed by atoms with E-state index in [1.54, 1.807) is 6.21 Å². The molecular formula is C8H7N3. The number of nitrogens with zero attached hydrogens (tertiary/aromatic N) is 3. The van der Waals surface area contributed by atoms with E-state index in [2.05, 4.69) is 21.5 Å². The highest BCUT2D eigenvalue weighted by Crippen LogP contribution is 2.28. The number of allylic oxidation sites excluding steroid dienone is 1. The molecule has 0 aliphatic carbocycles. The molecule has 0 saturated carbocycles. The summed E-state index contributed by atoms with van der Waals surface area (Å²) >= 11 is 0. The topological polar surface area (TPSA) is 38.1 Å². The van der Waals surface area contributed by atoms with Gasteiger partial charge in [0.2, 0.25) is 0 Å².